The average Bonchev–Trinajstić information content (AvgIpc) is 3.54. The van der Waals surface area contributed by atoms with Gasteiger partial charge in [-0.1, -0.05) is 0 Å². The number of rotatable bonds is 0. The molecule has 0 radical (unpaired) electrons. The number of ether oxygens (including phenoxy) is 10. The fourth-order valence-electron chi connectivity index (χ4n) is 2.74. The molecule has 168 valence electrons. The topological polar surface area (TPSA) is 119 Å². The lowest BCUT2D eigenvalue weighted by Crippen LogP contribution is -1.98. The lowest BCUT2D eigenvalue weighted by molar-refractivity contribution is 0.131. The van der Waals surface area contributed by atoms with E-state index in [4.69, 9.17) is 56.2 Å². The Morgan fingerprint density at radius 1 is 0.469 bits per heavy atom. The second-order valence-electron chi connectivity index (χ2n) is 5.97. The number of furan rings is 2. The first-order chi connectivity index (χ1) is 15.9. The van der Waals surface area contributed by atoms with E-state index in [0.29, 0.717) is 34.5 Å². The van der Waals surface area contributed by atoms with Crippen molar-refractivity contribution in [3.8, 4) is 34.9 Å². The van der Waals surface area contributed by atoms with Crippen molar-refractivity contribution in [1.82, 2.24) is 0 Å². The fraction of sp³-hybridized carbons (Fsp3) is 0.200. The first kappa shape index (κ1) is 19.5. The normalized spacial score (nSPS) is 20.0. The van der Waals surface area contributed by atoms with Gasteiger partial charge in [-0.2, -0.15) is 0 Å². The standard InChI is InChI=1S/C20H16O12/c1-3-23-9-13-15(17-19(31-13)29-11-27-17)25-7-5-22-6-8-26-16-14(10-24-4-2-21-1)32-20-18(16)28-12-30-20/h1-8H,9-12H2/b3-1-,4-2?,7-5-,8-6-. The molecule has 0 unspecified atom stereocenters. The van der Waals surface area contributed by atoms with E-state index in [2.05, 4.69) is 0 Å². The summed E-state index contributed by atoms with van der Waals surface area (Å²) >= 11 is 0. The van der Waals surface area contributed by atoms with Crippen LogP contribution in [0.25, 0.3) is 0 Å². The molecule has 0 spiro atoms. The Bertz CT molecular complexity index is 975. The van der Waals surface area contributed by atoms with Crippen molar-refractivity contribution < 1.29 is 56.2 Å². The van der Waals surface area contributed by atoms with Crippen molar-refractivity contribution in [3.05, 3.63) is 61.6 Å². The maximum atomic E-state index is 5.56. The van der Waals surface area contributed by atoms with Gasteiger partial charge in [0.1, 0.15) is 63.3 Å². The summed E-state index contributed by atoms with van der Waals surface area (Å²) in [5, 5.41) is 0. The van der Waals surface area contributed by atoms with Crippen molar-refractivity contribution >= 4 is 0 Å². The molecule has 0 saturated heterocycles. The van der Waals surface area contributed by atoms with Crippen LogP contribution >= 0.6 is 0 Å². The second-order valence-corrected chi connectivity index (χ2v) is 5.97. The van der Waals surface area contributed by atoms with Gasteiger partial charge >= 0.3 is 11.9 Å². The largest absolute Gasteiger partial charge is 0.490 e. The molecule has 5 rings (SSSR count). The van der Waals surface area contributed by atoms with Gasteiger partial charge in [0, 0.05) is 0 Å². The summed E-state index contributed by atoms with van der Waals surface area (Å²) in [6, 6.07) is 0. The highest BCUT2D eigenvalue weighted by Crippen LogP contribution is 2.47. The third kappa shape index (κ3) is 4.05. The third-order valence-electron chi connectivity index (χ3n) is 4.04. The molecule has 2 aromatic rings. The zero-order valence-corrected chi connectivity index (χ0v) is 16.3. The number of fused-ring (bicyclic) bond motifs is 6. The molecule has 0 amide bonds. The predicted octanol–water partition coefficient (Wildman–Crippen LogP) is 3.75. The average molecular weight is 448 g/mol. The van der Waals surface area contributed by atoms with Crippen LogP contribution in [0, 0.1) is 0 Å². The molecule has 0 saturated carbocycles. The summed E-state index contributed by atoms with van der Waals surface area (Å²) in [6.07, 6.45) is 10.4. The second kappa shape index (κ2) is 9.12. The monoisotopic (exact) mass is 448 g/mol. The molecule has 0 bridgehead atoms. The van der Waals surface area contributed by atoms with E-state index in [9.17, 15) is 0 Å². The van der Waals surface area contributed by atoms with Crippen molar-refractivity contribution in [2.24, 2.45) is 0 Å². The molecule has 0 aromatic carbocycles. The first-order valence-corrected chi connectivity index (χ1v) is 9.20. The first-order valence-electron chi connectivity index (χ1n) is 9.20. The fourth-order valence-corrected chi connectivity index (χ4v) is 2.74. The van der Waals surface area contributed by atoms with E-state index >= 15 is 0 Å². The van der Waals surface area contributed by atoms with Crippen molar-refractivity contribution in [3.63, 3.8) is 0 Å². The minimum atomic E-state index is 0.0303. The Kier molecular flexibility index (Phi) is 5.55. The van der Waals surface area contributed by atoms with Crippen LogP contribution < -0.4 is 28.4 Å². The molecule has 3 aliphatic heterocycles. The van der Waals surface area contributed by atoms with Crippen molar-refractivity contribution in [1.29, 1.82) is 0 Å². The lowest BCUT2D eigenvalue weighted by atomic mass is 10.4. The van der Waals surface area contributed by atoms with Gasteiger partial charge in [0.15, 0.2) is 11.5 Å². The summed E-state index contributed by atoms with van der Waals surface area (Å²) in [4.78, 5) is 0. The van der Waals surface area contributed by atoms with E-state index in [-0.39, 0.29) is 38.7 Å². The van der Waals surface area contributed by atoms with Gasteiger partial charge in [-0.25, -0.2) is 0 Å². The van der Waals surface area contributed by atoms with Crippen LogP contribution in [-0.4, -0.2) is 13.6 Å². The maximum Gasteiger partial charge on any atom is 0.336 e. The van der Waals surface area contributed by atoms with E-state index < -0.39 is 0 Å². The third-order valence-corrected chi connectivity index (χ3v) is 4.04. The van der Waals surface area contributed by atoms with Crippen molar-refractivity contribution in [2.45, 2.75) is 13.2 Å². The highest BCUT2D eigenvalue weighted by atomic mass is 16.8. The zero-order valence-electron chi connectivity index (χ0n) is 16.3. The van der Waals surface area contributed by atoms with Gasteiger partial charge < -0.3 is 56.2 Å². The molecule has 0 fully saturated rings. The predicted molar refractivity (Wildman–Crippen MR) is 99.2 cm³/mol. The molecular weight excluding hydrogens is 432 g/mol. The van der Waals surface area contributed by atoms with Gasteiger partial charge in [0.25, 0.3) is 11.5 Å². The Morgan fingerprint density at radius 3 is 1.44 bits per heavy atom. The van der Waals surface area contributed by atoms with Crippen molar-refractivity contribution in [2.75, 3.05) is 13.6 Å². The molecule has 0 atom stereocenters. The molecule has 12 nitrogen and oxygen atoms in total. The highest BCUT2D eigenvalue weighted by molar-refractivity contribution is 5.52. The van der Waals surface area contributed by atoms with E-state index in [1.807, 2.05) is 0 Å². The Morgan fingerprint density at radius 2 is 0.938 bits per heavy atom. The molecular formula is C20H16O12. The summed E-state index contributed by atoms with van der Waals surface area (Å²) in [5.74, 6) is 2.36. The van der Waals surface area contributed by atoms with Gasteiger partial charge in [0.05, 0.1) is 0 Å². The zero-order chi connectivity index (χ0) is 21.6. The lowest BCUT2D eigenvalue weighted by Gasteiger charge is -2.04. The van der Waals surface area contributed by atoms with Gasteiger partial charge in [-0.3, -0.25) is 0 Å². The van der Waals surface area contributed by atoms with Gasteiger partial charge in [-0.05, 0) is 0 Å². The van der Waals surface area contributed by atoms with Crippen LogP contribution in [0.1, 0.15) is 11.5 Å². The van der Waals surface area contributed by atoms with Crippen LogP contribution in [0.4, 0.5) is 0 Å². The van der Waals surface area contributed by atoms with Crippen LogP contribution in [0.5, 0.6) is 34.9 Å². The summed E-state index contributed by atoms with van der Waals surface area (Å²) in [7, 11) is 0. The Balaban J connectivity index is 1.32. The van der Waals surface area contributed by atoms with Gasteiger partial charge in [0.2, 0.25) is 25.1 Å². The van der Waals surface area contributed by atoms with E-state index in [0.717, 1.165) is 0 Å². The molecule has 0 aliphatic carbocycles. The highest BCUT2D eigenvalue weighted by Gasteiger charge is 2.30. The van der Waals surface area contributed by atoms with Gasteiger partial charge in [-0.15, -0.1) is 0 Å². The molecule has 0 N–H and O–H groups in total. The van der Waals surface area contributed by atoms with E-state index in [1.165, 1.54) is 50.1 Å². The summed E-state index contributed by atoms with van der Waals surface area (Å²) in [5.41, 5.74) is 0. The maximum absolute atomic E-state index is 5.56. The minimum absolute atomic E-state index is 0.0303. The number of hydrogen-bond acceptors (Lipinski definition) is 12. The number of hydrogen-bond donors (Lipinski definition) is 0. The van der Waals surface area contributed by atoms with Crippen LogP contribution in [0.15, 0.2) is 58.9 Å². The van der Waals surface area contributed by atoms with Crippen LogP contribution in [0.2, 0.25) is 0 Å². The SMILES string of the molecule is C1=COCc2oc3c(c2O/C=C\O/C=C\Oc2c(oc4c2OCO4)CO/C=C\O1)OCO3. The van der Waals surface area contributed by atoms with E-state index in [1.54, 1.807) is 0 Å². The minimum Gasteiger partial charge on any atom is -0.490 e. The molecule has 2 aromatic heterocycles. The summed E-state index contributed by atoms with van der Waals surface area (Å²) in [6.45, 7) is 0.131. The molecule has 5 heterocycles. The van der Waals surface area contributed by atoms with Crippen LogP contribution in [0.3, 0.4) is 0 Å². The molecule has 3 aliphatic rings. The quantitative estimate of drug-likeness (QED) is 0.584. The Labute approximate surface area is 180 Å². The smallest absolute Gasteiger partial charge is 0.336 e. The molecule has 32 heavy (non-hydrogen) atoms. The Hall–Kier alpha value is -4.48. The summed E-state index contributed by atoms with van der Waals surface area (Å²) < 4.78 is 64.5. The van der Waals surface area contributed by atoms with Crippen LogP contribution in [-0.2, 0) is 32.2 Å². The molecule has 12 heteroatoms.